The molecule has 1 atom stereocenters. The van der Waals surface area contributed by atoms with Crippen LogP contribution in [-0.4, -0.2) is 62.9 Å². The fraction of sp³-hybridized carbons (Fsp3) is 0.421. The number of nitriles is 2. The Hall–Kier alpha value is -5.31. The average Bonchev–Trinajstić information content (AvgIpc) is 3.63. The molecule has 14 heteroatoms. The van der Waals surface area contributed by atoms with E-state index in [0.29, 0.717) is 72.2 Å². The summed E-state index contributed by atoms with van der Waals surface area (Å²) in [6, 6.07) is 15.8. The highest BCUT2D eigenvalue weighted by molar-refractivity contribution is 6.10. The number of nitrogens with one attached hydrogen (secondary N) is 1. The number of rotatable bonds is 10. The molecule has 3 aliphatic rings. The third-order valence-electron chi connectivity index (χ3n) is 10.4. The Kier molecular flexibility index (Phi) is 9.23. The van der Waals surface area contributed by atoms with Crippen molar-refractivity contribution < 1.29 is 22.7 Å². The predicted octanol–water partition coefficient (Wildman–Crippen LogP) is 6.56. The lowest BCUT2D eigenvalue weighted by molar-refractivity contribution is -0.138. The molecule has 11 nitrogen and oxygen atoms in total. The smallest absolute Gasteiger partial charge is 0.378 e. The van der Waals surface area contributed by atoms with Crippen LogP contribution in [0.5, 0.6) is 0 Å². The molecule has 1 N–H and O–H groups in total. The normalized spacial score (nSPS) is 18.3. The highest BCUT2D eigenvalue weighted by atomic mass is 19.4. The Morgan fingerprint density at radius 3 is 2.58 bits per heavy atom. The topological polar surface area (TPSA) is 136 Å². The first-order chi connectivity index (χ1) is 24.9. The molecule has 1 saturated heterocycles. The Labute approximate surface area is 299 Å². The number of carbonyl (C=O) groups is 1. The summed E-state index contributed by atoms with van der Waals surface area (Å²) in [7, 11) is 1.79. The van der Waals surface area contributed by atoms with Crippen LogP contribution in [0.2, 0.25) is 0 Å². The van der Waals surface area contributed by atoms with Crippen LogP contribution in [0.1, 0.15) is 65.7 Å². The number of benzene rings is 2. The number of aromatic nitrogens is 4. The highest BCUT2D eigenvalue weighted by Gasteiger charge is 2.43. The Morgan fingerprint density at radius 1 is 1.10 bits per heavy atom. The Balaban J connectivity index is 1.31. The Bertz CT molecular complexity index is 2110. The van der Waals surface area contributed by atoms with Gasteiger partial charge in [0.15, 0.2) is 5.82 Å². The summed E-state index contributed by atoms with van der Waals surface area (Å²) >= 11 is 0. The lowest BCUT2D eigenvalue weighted by Crippen LogP contribution is -2.47. The van der Waals surface area contributed by atoms with Gasteiger partial charge in [0, 0.05) is 55.7 Å². The first kappa shape index (κ1) is 35.1. The van der Waals surface area contributed by atoms with Crippen molar-refractivity contribution in [3.63, 3.8) is 0 Å². The van der Waals surface area contributed by atoms with Gasteiger partial charge in [-0.1, -0.05) is 13.8 Å². The standard InChI is InChI=1S/C38H38F3N9O2/c1-23(2)32-20-52-11-10-49(32)18-25-13-29-30(31(14-25)38(39,40)41)19-50(36(29)51)34-16-26(15-33(46-34)44-21-37(6-7-37)8-9-42)28-12-24(17-43)4-5-27(28)35-47-45-22-48(35)3/h4-5,12-16,22-23,32H,6-8,10-11,18-21H2,1-3H3,(H,44,46)/t32-/m1/s1. The van der Waals surface area contributed by atoms with E-state index in [4.69, 9.17) is 9.72 Å². The minimum Gasteiger partial charge on any atom is -0.378 e. The van der Waals surface area contributed by atoms with Gasteiger partial charge in [0.2, 0.25) is 0 Å². The van der Waals surface area contributed by atoms with Gasteiger partial charge >= 0.3 is 6.18 Å². The second kappa shape index (κ2) is 13.7. The molecular formula is C38H38F3N9O2. The second-order valence-electron chi connectivity index (χ2n) is 14.3. The number of nitrogens with zero attached hydrogens (tertiary/aromatic N) is 8. The maximum Gasteiger partial charge on any atom is 0.416 e. The van der Waals surface area contributed by atoms with E-state index in [1.807, 2.05) is 0 Å². The fourth-order valence-electron chi connectivity index (χ4n) is 7.21. The van der Waals surface area contributed by atoms with Gasteiger partial charge < -0.3 is 14.6 Å². The molecule has 2 aliphatic heterocycles. The molecule has 4 aromatic rings. The van der Waals surface area contributed by atoms with Gasteiger partial charge in [-0.05, 0) is 83.5 Å². The zero-order valence-electron chi connectivity index (χ0n) is 29.2. The van der Waals surface area contributed by atoms with Gasteiger partial charge in [-0.15, -0.1) is 10.2 Å². The molecule has 0 spiro atoms. The first-order valence-corrected chi connectivity index (χ1v) is 17.3. The summed E-state index contributed by atoms with van der Waals surface area (Å²) in [4.78, 5) is 22.4. The van der Waals surface area contributed by atoms with Crippen LogP contribution in [0, 0.1) is 34.0 Å². The summed E-state index contributed by atoms with van der Waals surface area (Å²) < 4.78 is 51.6. The molecule has 1 aliphatic carbocycles. The molecule has 2 aromatic carbocycles. The van der Waals surface area contributed by atoms with E-state index in [-0.39, 0.29) is 47.4 Å². The monoisotopic (exact) mass is 709 g/mol. The predicted molar refractivity (Wildman–Crippen MR) is 187 cm³/mol. The van der Waals surface area contributed by atoms with Crippen LogP contribution in [0.4, 0.5) is 24.8 Å². The lowest BCUT2D eigenvalue weighted by atomic mass is 9.97. The minimum absolute atomic E-state index is 0.00176. The van der Waals surface area contributed by atoms with Gasteiger partial charge in [-0.25, -0.2) is 4.98 Å². The molecule has 1 amide bonds. The van der Waals surface area contributed by atoms with Gasteiger partial charge in [-0.2, -0.15) is 23.7 Å². The third-order valence-corrected chi connectivity index (χ3v) is 10.4. The molecule has 0 unspecified atom stereocenters. The fourth-order valence-corrected chi connectivity index (χ4v) is 7.21. The van der Waals surface area contributed by atoms with Crippen LogP contribution in [0.15, 0.2) is 48.8 Å². The maximum absolute atomic E-state index is 14.7. The zero-order chi connectivity index (χ0) is 36.8. The number of amides is 1. The Morgan fingerprint density at radius 2 is 1.90 bits per heavy atom. The molecule has 7 rings (SSSR count). The van der Waals surface area contributed by atoms with E-state index in [0.717, 1.165) is 12.8 Å². The molecular weight excluding hydrogens is 671 g/mol. The average molecular weight is 710 g/mol. The van der Waals surface area contributed by atoms with E-state index in [1.165, 1.54) is 11.0 Å². The van der Waals surface area contributed by atoms with Crippen molar-refractivity contribution in [2.24, 2.45) is 18.4 Å². The number of anilines is 2. The number of alkyl halides is 3. The van der Waals surface area contributed by atoms with E-state index in [1.54, 1.807) is 54.3 Å². The number of hydrogen-bond donors (Lipinski definition) is 1. The second-order valence-corrected chi connectivity index (χ2v) is 14.3. The summed E-state index contributed by atoms with van der Waals surface area (Å²) in [5.74, 6) is 0.719. The number of pyridine rings is 1. The van der Waals surface area contributed by atoms with Gasteiger partial charge in [0.05, 0.1) is 43.0 Å². The molecule has 0 bridgehead atoms. The summed E-state index contributed by atoms with van der Waals surface area (Å²) in [5.41, 5.74) is 1.50. The van der Waals surface area contributed by atoms with Crippen LogP contribution >= 0.6 is 0 Å². The highest BCUT2D eigenvalue weighted by Crippen LogP contribution is 2.49. The molecule has 0 radical (unpaired) electrons. The van der Waals surface area contributed by atoms with Crippen molar-refractivity contribution in [1.82, 2.24) is 24.6 Å². The van der Waals surface area contributed by atoms with E-state index < -0.39 is 17.6 Å². The largest absolute Gasteiger partial charge is 0.416 e. The van der Waals surface area contributed by atoms with Crippen molar-refractivity contribution in [3.8, 4) is 34.7 Å². The zero-order valence-corrected chi connectivity index (χ0v) is 29.2. The molecule has 2 aromatic heterocycles. The summed E-state index contributed by atoms with van der Waals surface area (Å²) in [6.07, 6.45) is -1.00. The number of halogens is 3. The minimum atomic E-state index is -4.69. The maximum atomic E-state index is 14.7. The number of morpholine rings is 1. The first-order valence-electron chi connectivity index (χ1n) is 17.3. The van der Waals surface area contributed by atoms with Crippen molar-refractivity contribution >= 4 is 17.5 Å². The number of aryl methyl sites for hydroxylation is 1. The molecule has 268 valence electrons. The van der Waals surface area contributed by atoms with E-state index >= 15 is 0 Å². The van der Waals surface area contributed by atoms with Crippen LogP contribution in [-0.2, 0) is 31.1 Å². The van der Waals surface area contributed by atoms with Gasteiger partial charge in [0.25, 0.3) is 5.91 Å². The number of carbonyl (C=O) groups excluding carboxylic acids is 1. The lowest BCUT2D eigenvalue weighted by Gasteiger charge is -2.38. The summed E-state index contributed by atoms with van der Waals surface area (Å²) in [5, 5.41) is 30.8. The molecule has 1 saturated carbocycles. The molecule has 52 heavy (non-hydrogen) atoms. The van der Waals surface area contributed by atoms with Crippen molar-refractivity contribution in [1.29, 1.82) is 10.5 Å². The van der Waals surface area contributed by atoms with Crippen molar-refractivity contribution in [3.05, 3.63) is 76.6 Å². The summed E-state index contributed by atoms with van der Waals surface area (Å²) in [6.45, 7) is 6.06. The van der Waals surface area contributed by atoms with Crippen molar-refractivity contribution in [2.45, 2.75) is 58.4 Å². The molecule has 4 heterocycles. The SMILES string of the molecule is CC(C)[C@H]1COCCN1Cc1cc2c(c(C(F)(F)F)c1)CN(c1cc(-c3cc(C#N)ccc3-c3nncn3C)cc(NCC3(CC#N)CC3)n1)C2=O. The van der Waals surface area contributed by atoms with Crippen molar-refractivity contribution in [2.75, 3.05) is 36.5 Å². The number of fused-ring (bicyclic) bond motifs is 1. The van der Waals surface area contributed by atoms with Crippen LogP contribution in [0.3, 0.4) is 0 Å². The van der Waals surface area contributed by atoms with Crippen LogP contribution < -0.4 is 10.2 Å². The van der Waals surface area contributed by atoms with Crippen LogP contribution in [0.25, 0.3) is 22.5 Å². The van der Waals surface area contributed by atoms with Gasteiger partial charge in [-0.3, -0.25) is 14.6 Å². The number of ether oxygens (including phenoxy) is 1. The third kappa shape index (κ3) is 6.84. The van der Waals surface area contributed by atoms with E-state index in [9.17, 15) is 28.5 Å². The van der Waals surface area contributed by atoms with E-state index in [2.05, 4.69) is 46.4 Å². The van der Waals surface area contributed by atoms with Gasteiger partial charge in [0.1, 0.15) is 18.0 Å². The quantitative estimate of drug-likeness (QED) is 0.194. The number of hydrogen-bond acceptors (Lipinski definition) is 9. The molecule has 2 fully saturated rings.